The summed E-state index contributed by atoms with van der Waals surface area (Å²) in [4.78, 5) is 49.0. The fourth-order valence-electron chi connectivity index (χ4n) is 3.50. The Hall–Kier alpha value is -2.72. The van der Waals surface area contributed by atoms with E-state index in [0.717, 1.165) is 12.8 Å². The van der Waals surface area contributed by atoms with Crippen LogP contribution >= 0.6 is 0 Å². The van der Waals surface area contributed by atoms with Crippen LogP contribution in [0.1, 0.15) is 37.1 Å². The number of aryl methyl sites for hydroxylation is 2. The number of hydrogen-bond acceptors (Lipinski definition) is 6. The van der Waals surface area contributed by atoms with E-state index in [9.17, 15) is 19.2 Å². The quantitative estimate of drug-likeness (QED) is 0.456. The van der Waals surface area contributed by atoms with Crippen molar-refractivity contribution in [2.24, 2.45) is 0 Å². The van der Waals surface area contributed by atoms with Crippen molar-refractivity contribution in [2.45, 2.75) is 65.7 Å². The zero-order chi connectivity index (χ0) is 22.3. The molecule has 0 bridgehead atoms. The summed E-state index contributed by atoms with van der Waals surface area (Å²) in [7, 11) is 0. The van der Waals surface area contributed by atoms with E-state index in [1.54, 1.807) is 13.8 Å². The van der Waals surface area contributed by atoms with Gasteiger partial charge in [-0.25, -0.2) is 9.59 Å². The third kappa shape index (κ3) is 5.45. The van der Waals surface area contributed by atoms with E-state index in [-0.39, 0.29) is 50.5 Å². The molecule has 0 aliphatic heterocycles. The van der Waals surface area contributed by atoms with E-state index < -0.39 is 11.4 Å². The Labute approximate surface area is 173 Å². The highest BCUT2D eigenvalue weighted by molar-refractivity contribution is 5.01. The van der Waals surface area contributed by atoms with Crippen molar-refractivity contribution in [1.29, 1.82) is 0 Å². The van der Waals surface area contributed by atoms with Crippen molar-refractivity contribution in [2.75, 3.05) is 13.2 Å². The van der Waals surface area contributed by atoms with Crippen molar-refractivity contribution in [1.82, 2.24) is 18.3 Å². The maximum atomic E-state index is 12.4. The first-order valence-electron chi connectivity index (χ1n) is 10.2. The summed E-state index contributed by atoms with van der Waals surface area (Å²) < 4.78 is 5.09. The summed E-state index contributed by atoms with van der Waals surface area (Å²) in [5.41, 5.74) is -0.532. The van der Waals surface area contributed by atoms with Crippen molar-refractivity contribution in [3.8, 4) is 0 Å². The molecule has 0 spiro atoms. The summed E-state index contributed by atoms with van der Waals surface area (Å²) in [6.07, 6.45) is 2.67. The smallest absolute Gasteiger partial charge is 0.331 e. The van der Waals surface area contributed by atoms with Crippen LogP contribution in [0, 0.1) is 13.8 Å². The number of aliphatic hydroxyl groups excluding tert-OH is 2. The van der Waals surface area contributed by atoms with Crippen LogP contribution in [-0.4, -0.2) is 41.7 Å². The van der Waals surface area contributed by atoms with Crippen LogP contribution in [0.3, 0.4) is 0 Å². The molecule has 30 heavy (non-hydrogen) atoms. The molecule has 0 saturated carbocycles. The summed E-state index contributed by atoms with van der Waals surface area (Å²) in [5.74, 6) is 0. The molecule has 2 heterocycles. The van der Waals surface area contributed by atoms with Gasteiger partial charge in [-0.1, -0.05) is 12.8 Å². The highest BCUT2D eigenvalue weighted by atomic mass is 16.3. The van der Waals surface area contributed by atoms with E-state index in [4.69, 9.17) is 10.2 Å². The lowest BCUT2D eigenvalue weighted by molar-refractivity contribution is 0.269. The van der Waals surface area contributed by atoms with Crippen molar-refractivity contribution in [3.63, 3.8) is 0 Å². The molecular formula is C20H30N4O6. The van der Waals surface area contributed by atoms with Gasteiger partial charge in [0.05, 0.1) is 26.3 Å². The average Bonchev–Trinajstić information content (AvgIpc) is 2.69. The zero-order valence-electron chi connectivity index (χ0n) is 17.5. The molecular weight excluding hydrogens is 392 g/mol. The molecule has 0 aliphatic carbocycles. The maximum absolute atomic E-state index is 12.4. The Kier molecular flexibility index (Phi) is 8.55. The molecule has 0 saturated heterocycles. The van der Waals surface area contributed by atoms with Crippen LogP contribution in [0.25, 0.3) is 0 Å². The van der Waals surface area contributed by atoms with Crippen molar-refractivity contribution in [3.05, 3.63) is 65.2 Å². The molecule has 2 aromatic rings. The first-order chi connectivity index (χ1) is 14.3. The predicted molar refractivity (Wildman–Crippen MR) is 112 cm³/mol. The molecule has 0 radical (unpaired) electrons. The summed E-state index contributed by atoms with van der Waals surface area (Å²) >= 11 is 0. The Morgan fingerprint density at radius 1 is 0.600 bits per heavy atom. The van der Waals surface area contributed by atoms with Gasteiger partial charge in [-0.2, -0.15) is 0 Å². The van der Waals surface area contributed by atoms with Gasteiger partial charge in [0.1, 0.15) is 0 Å². The van der Waals surface area contributed by atoms with Crippen LogP contribution in [0.15, 0.2) is 31.3 Å². The molecule has 0 aliphatic rings. The van der Waals surface area contributed by atoms with Gasteiger partial charge in [-0.15, -0.1) is 0 Å². The normalized spacial score (nSPS) is 11.2. The van der Waals surface area contributed by atoms with Crippen molar-refractivity contribution >= 4 is 0 Å². The van der Waals surface area contributed by atoms with Gasteiger partial charge in [0.25, 0.3) is 11.1 Å². The largest absolute Gasteiger partial charge is 0.395 e. The fourth-order valence-corrected chi connectivity index (χ4v) is 3.50. The number of aliphatic hydroxyl groups is 2. The third-order valence-corrected chi connectivity index (χ3v) is 5.13. The molecule has 166 valence electrons. The van der Waals surface area contributed by atoms with E-state index in [1.807, 2.05) is 0 Å². The van der Waals surface area contributed by atoms with Gasteiger partial charge < -0.3 is 10.2 Å². The summed E-state index contributed by atoms with van der Waals surface area (Å²) in [6.45, 7) is 3.78. The Balaban J connectivity index is 1.94. The number of nitrogens with zero attached hydrogens (tertiary/aromatic N) is 4. The minimum Gasteiger partial charge on any atom is -0.395 e. The Morgan fingerprint density at radius 2 is 0.967 bits per heavy atom. The van der Waals surface area contributed by atoms with E-state index in [2.05, 4.69) is 0 Å². The molecule has 2 rings (SSSR count). The van der Waals surface area contributed by atoms with E-state index >= 15 is 0 Å². The van der Waals surface area contributed by atoms with Crippen LogP contribution in [0.5, 0.6) is 0 Å². The van der Waals surface area contributed by atoms with Gasteiger partial charge in [-0.3, -0.25) is 27.9 Å². The second-order valence-electron chi connectivity index (χ2n) is 7.28. The van der Waals surface area contributed by atoms with Gasteiger partial charge in [0.2, 0.25) is 0 Å². The van der Waals surface area contributed by atoms with Crippen LogP contribution in [0.4, 0.5) is 0 Å². The first-order valence-corrected chi connectivity index (χ1v) is 10.2. The molecule has 2 aromatic heterocycles. The van der Waals surface area contributed by atoms with Crippen molar-refractivity contribution < 1.29 is 10.2 Å². The molecule has 0 atom stereocenters. The standard InChI is InChI=1S/C20H30N4O6/c1-15-13-17(27)23(19(29)21(15)9-11-25)7-5-3-4-6-8-24-18(28)14-16(2)22(10-12-26)20(24)30/h13-14,25-26H,3-12H2,1-2H3. The van der Waals surface area contributed by atoms with Crippen LogP contribution < -0.4 is 22.5 Å². The van der Waals surface area contributed by atoms with Gasteiger partial charge >= 0.3 is 11.4 Å². The highest BCUT2D eigenvalue weighted by Gasteiger charge is 2.10. The minimum atomic E-state index is -0.426. The molecule has 2 N–H and O–H groups in total. The number of hydrogen-bond donors (Lipinski definition) is 2. The SMILES string of the molecule is Cc1cc(=O)n(CCCCCCn2c(=O)cc(C)n(CCO)c2=O)c(=O)n1CCO. The first kappa shape index (κ1) is 23.6. The topological polar surface area (TPSA) is 128 Å². The monoisotopic (exact) mass is 422 g/mol. The highest BCUT2D eigenvalue weighted by Crippen LogP contribution is 2.02. The average molecular weight is 422 g/mol. The molecule has 0 aromatic carbocycles. The van der Waals surface area contributed by atoms with Gasteiger partial charge in [0, 0.05) is 36.6 Å². The zero-order valence-corrected chi connectivity index (χ0v) is 17.5. The number of rotatable bonds is 11. The summed E-state index contributed by atoms with van der Waals surface area (Å²) in [6, 6.07) is 2.77. The molecule has 10 heteroatoms. The lowest BCUT2D eigenvalue weighted by atomic mass is 10.2. The molecule has 10 nitrogen and oxygen atoms in total. The molecule has 0 unspecified atom stereocenters. The molecule has 0 fully saturated rings. The lowest BCUT2D eigenvalue weighted by Gasteiger charge is -2.13. The van der Waals surface area contributed by atoms with Gasteiger partial charge in [0.15, 0.2) is 0 Å². The van der Waals surface area contributed by atoms with E-state index in [0.29, 0.717) is 24.2 Å². The second kappa shape index (κ2) is 10.9. The second-order valence-corrected chi connectivity index (χ2v) is 7.28. The molecule has 0 amide bonds. The maximum Gasteiger partial charge on any atom is 0.331 e. The van der Waals surface area contributed by atoms with E-state index in [1.165, 1.54) is 30.4 Å². The predicted octanol–water partition coefficient (Wildman–Crippen LogP) is -0.805. The number of unbranched alkanes of at least 4 members (excludes halogenated alkanes) is 3. The fraction of sp³-hybridized carbons (Fsp3) is 0.600. The summed E-state index contributed by atoms with van der Waals surface area (Å²) in [5, 5.41) is 18.2. The Morgan fingerprint density at radius 3 is 1.30 bits per heavy atom. The minimum absolute atomic E-state index is 0.143. The van der Waals surface area contributed by atoms with Crippen LogP contribution in [-0.2, 0) is 26.2 Å². The van der Waals surface area contributed by atoms with Gasteiger partial charge in [-0.05, 0) is 26.7 Å². The number of aromatic nitrogens is 4. The van der Waals surface area contributed by atoms with Crippen LogP contribution in [0.2, 0.25) is 0 Å². The lowest BCUT2D eigenvalue weighted by Crippen LogP contribution is -2.41. The Bertz CT molecular complexity index is 1000. The third-order valence-electron chi connectivity index (χ3n) is 5.13.